The Hall–Kier alpha value is -1.07. The first-order valence-electron chi connectivity index (χ1n) is 7.65. The second kappa shape index (κ2) is 6.79. The maximum absolute atomic E-state index is 12.3. The molecule has 1 aromatic rings. The summed E-state index contributed by atoms with van der Waals surface area (Å²) in [7, 11) is 1.99. The molecule has 21 heavy (non-hydrogen) atoms. The number of halogens is 1. The van der Waals surface area contributed by atoms with Crippen molar-refractivity contribution in [3.63, 3.8) is 0 Å². The predicted molar refractivity (Wildman–Crippen MR) is 87.4 cm³/mol. The molecule has 1 N–H and O–H groups in total. The third-order valence-electron chi connectivity index (χ3n) is 4.38. The number of nitrogens with one attached hydrogen (secondary N) is 1. The summed E-state index contributed by atoms with van der Waals surface area (Å²) >= 11 is 6.31. The van der Waals surface area contributed by atoms with Crippen molar-refractivity contribution in [2.75, 3.05) is 25.0 Å². The molecule has 1 aromatic heterocycles. The van der Waals surface area contributed by atoms with E-state index in [0.717, 1.165) is 25.2 Å². The summed E-state index contributed by atoms with van der Waals surface area (Å²) in [4.78, 5) is 14.5. The number of hydrogen-bond donors (Lipinski definition) is 1. The van der Waals surface area contributed by atoms with Crippen molar-refractivity contribution in [1.82, 2.24) is 15.1 Å². The highest BCUT2D eigenvalue weighted by Crippen LogP contribution is 2.28. The van der Waals surface area contributed by atoms with Gasteiger partial charge >= 0.3 is 0 Å². The first kappa shape index (κ1) is 16.3. The number of hydrogen-bond acceptors (Lipinski definition) is 4. The molecule has 2 rings (SSSR count). The number of piperidine rings is 1. The van der Waals surface area contributed by atoms with Gasteiger partial charge in [-0.05, 0) is 46.6 Å². The molecule has 118 valence electrons. The average molecular weight is 313 g/mol. The van der Waals surface area contributed by atoms with Crippen molar-refractivity contribution in [3.8, 4) is 0 Å². The Bertz CT molecular complexity index is 543. The van der Waals surface area contributed by atoms with Crippen LogP contribution in [0.1, 0.15) is 39.7 Å². The van der Waals surface area contributed by atoms with Crippen LogP contribution in [0, 0.1) is 5.92 Å². The highest BCUT2D eigenvalue weighted by molar-refractivity contribution is 6.33. The summed E-state index contributed by atoms with van der Waals surface area (Å²) in [5.41, 5.74) is 0.569. The van der Waals surface area contributed by atoms with Gasteiger partial charge in [-0.1, -0.05) is 11.6 Å². The second-order valence-corrected chi connectivity index (χ2v) is 6.49. The Morgan fingerprint density at radius 2 is 2.14 bits per heavy atom. The SMILES string of the molecule is CNC(C)C1CCCN(c2cnn(C(C)C)c(=O)c2Cl)C1. The Morgan fingerprint density at radius 3 is 2.76 bits per heavy atom. The molecule has 1 fully saturated rings. The zero-order valence-electron chi connectivity index (χ0n) is 13.3. The Balaban J connectivity index is 2.26. The summed E-state index contributed by atoms with van der Waals surface area (Å²) in [5.74, 6) is 0.562. The van der Waals surface area contributed by atoms with Gasteiger partial charge in [-0.15, -0.1) is 0 Å². The number of nitrogens with zero attached hydrogens (tertiary/aromatic N) is 3. The lowest BCUT2D eigenvalue weighted by atomic mass is 9.91. The van der Waals surface area contributed by atoms with Gasteiger partial charge in [0.15, 0.2) is 0 Å². The molecule has 6 heteroatoms. The molecule has 2 atom stereocenters. The molecule has 0 saturated carbocycles. The van der Waals surface area contributed by atoms with Crippen LogP contribution < -0.4 is 15.8 Å². The lowest BCUT2D eigenvalue weighted by Gasteiger charge is -2.37. The monoisotopic (exact) mass is 312 g/mol. The van der Waals surface area contributed by atoms with E-state index >= 15 is 0 Å². The fourth-order valence-corrected chi connectivity index (χ4v) is 3.15. The molecule has 0 amide bonds. The van der Waals surface area contributed by atoms with Gasteiger partial charge in [0.2, 0.25) is 0 Å². The van der Waals surface area contributed by atoms with Crippen LogP contribution in [0.4, 0.5) is 5.69 Å². The van der Waals surface area contributed by atoms with Crippen molar-refractivity contribution in [1.29, 1.82) is 0 Å². The topological polar surface area (TPSA) is 50.2 Å². The molecule has 0 aromatic carbocycles. The van der Waals surface area contributed by atoms with Gasteiger partial charge in [0.1, 0.15) is 5.02 Å². The van der Waals surface area contributed by atoms with E-state index in [9.17, 15) is 4.79 Å². The summed E-state index contributed by atoms with van der Waals surface area (Å²) in [6.07, 6.45) is 4.04. The first-order valence-corrected chi connectivity index (χ1v) is 8.03. The van der Waals surface area contributed by atoms with E-state index in [-0.39, 0.29) is 16.6 Å². The van der Waals surface area contributed by atoms with Crippen LogP contribution >= 0.6 is 11.6 Å². The van der Waals surface area contributed by atoms with Crippen molar-refractivity contribution >= 4 is 17.3 Å². The lowest BCUT2D eigenvalue weighted by Crippen LogP contribution is -2.44. The minimum absolute atomic E-state index is 0.0162. The van der Waals surface area contributed by atoms with Crippen LogP contribution in [0.5, 0.6) is 0 Å². The van der Waals surface area contributed by atoms with Crippen LogP contribution in [0.15, 0.2) is 11.0 Å². The van der Waals surface area contributed by atoms with Gasteiger partial charge in [0.05, 0.1) is 17.9 Å². The largest absolute Gasteiger partial charge is 0.369 e. The van der Waals surface area contributed by atoms with Crippen molar-refractivity contribution in [3.05, 3.63) is 21.6 Å². The maximum atomic E-state index is 12.3. The zero-order valence-corrected chi connectivity index (χ0v) is 14.0. The Kier molecular flexibility index (Phi) is 5.27. The van der Waals surface area contributed by atoms with E-state index < -0.39 is 0 Å². The smallest absolute Gasteiger partial charge is 0.287 e. The van der Waals surface area contributed by atoms with Crippen LogP contribution in [0.3, 0.4) is 0 Å². The lowest BCUT2D eigenvalue weighted by molar-refractivity contribution is 0.333. The van der Waals surface area contributed by atoms with E-state index in [2.05, 4.69) is 22.2 Å². The predicted octanol–water partition coefficient (Wildman–Crippen LogP) is 2.30. The third-order valence-corrected chi connectivity index (χ3v) is 4.73. The molecule has 0 bridgehead atoms. The average Bonchev–Trinajstić information content (AvgIpc) is 2.48. The highest BCUT2D eigenvalue weighted by atomic mass is 35.5. The number of rotatable bonds is 4. The maximum Gasteiger partial charge on any atom is 0.287 e. The summed E-state index contributed by atoms with van der Waals surface area (Å²) < 4.78 is 1.43. The molecule has 0 spiro atoms. The quantitative estimate of drug-likeness (QED) is 0.927. The summed E-state index contributed by atoms with van der Waals surface area (Å²) in [5, 5.41) is 7.87. The molecule has 1 aliphatic rings. The van der Waals surface area contributed by atoms with Gasteiger partial charge in [0, 0.05) is 19.1 Å². The molecule has 1 aliphatic heterocycles. The van der Waals surface area contributed by atoms with Gasteiger partial charge < -0.3 is 10.2 Å². The summed E-state index contributed by atoms with van der Waals surface area (Å²) in [6.45, 7) is 7.89. The van der Waals surface area contributed by atoms with Crippen LogP contribution in [-0.4, -0.2) is 36.0 Å². The van der Waals surface area contributed by atoms with Gasteiger partial charge in [0.25, 0.3) is 5.56 Å². The molecular formula is C15H25ClN4O. The third kappa shape index (κ3) is 3.40. The Morgan fingerprint density at radius 1 is 1.43 bits per heavy atom. The molecule has 2 unspecified atom stereocenters. The van der Waals surface area contributed by atoms with E-state index in [1.165, 1.54) is 11.1 Å². The van der Waals surface area contributed by atoms with E-state index in [1.807, 2.05) is 20.9 Å². The molecule has 1 saturated heterocycles. The van der Waals surface area contributed by atoms with E-state index in [1.54, 1.807) is 6.20 Å². The number of aromatic nitrogens is 2. The fourth-order valence-electron chi connectivity index (χ4n) is 2.90. The van der Waals surface area contributed by atoms with Crippen molar-refractivity contribution < 1.29 is 0 Å². The van der Waals surface area contributed by atoms with Crippen LogP contribution in [0.2, 0.25) is 5.02 Å². The van der Waals surface area contributed by atoms with Crippen molar-refractivity contribution in [2.45, 2.75) is 45.7 Å². The van der Waals surface area contributed by atoms with Gasteiger partial charge in [-0.3, -0.25) is 4.79 Å². The molecular weight excluding hydrogens is 288 g/mol. The van der Waals surface area contributed by atoms with Gasteiger partial charge in [-0.25, -0.2) is 4.68 Å². The van der Waals surface area contributed by atoms with Crippen molar-refractivity contribution in [2.24, 2.45) is 5.92 Å². The Labute approximate surface area is 131 Å². The molecule has 5 nitrogen and oxygen atoms in total. The molecule has 0 aliphatic carbocycles. The normalized spacial score (nSPS) is 20.9. The van der Waals surface area contributed by atoms with Crippen LogP contribution in [-0.2, 0) is 0 Å². The highest BCUT2D eigenvalue weighted by Gasteiger charge is 2.26. The standard InChI is InChI=1S/C15H25ClN4O/c1-10(2)20-15(21)14(16)13(8-18-20)19-7-5-6-12(9-19)11(3)17-4/h8,10-12,17H,5-7,9H2,1-4H3. The van der Waals surface area contributed by atoms with Gasteiger partial charge in [-0.2, -0.15) is 5.10 Å². The summed E-state index contributed by atoms with van der Waals surface area (Å²) in [6, 6.07) is 0.470. The van der Waals surface area contributed by atoms with E-state index in [4.69, 9.17) is 11.6 Å². The first-order chi connectivity index (χ1) is 9.95. The van der Waals surface area contributed by atoms with Crippen LogP contribution in [0.25, 0.3) is 0 Å². The van der Waals surface area contributed by atoms with E-state index in [0.29, 0.717) is 12.0 Å². The minimum Gasteiger partial charge on any atom is -0.369 e. The zero-order chi connectivity index (χ0) is 15.6. The number of anilines is 1. The second-order valence-electron chi connectivity index (χ2n) is 6.11. The molecule has 2 heterocycles. The fraction of sp³-hybridized carbons (Fsp3) is 0.733. The molecule has 0 radical (unpaired) electrons. The minimum atomic E-state index is -0.201.